The summed E-state index contributed by atoms with van der Waals surface area (Å²) < 4.78 is 0. The number of nitrogens with one attached hydrogen (secondary N) is 1. The van der Waals surface area contributed by atoms with Crippen LogP contribution in [0, 0.1) is 0 Å². The van der Waals surface area contributed by atoms with E-state index in [1.54, 1.807) is 12.1 Å². The Morgan fingerprint density at radius 2 is 1.85 bits per heavy atom. The summed E-state index contributed by atoms with van der Waals surface area (Å²) in [5.74, 6) is 0.207. The number of carbonyl (C=O) groups excluding carboxylic acids is 1. The number of thioether (sulfide) groups is 1. The van der Waals surface area contributed by atoms with Crippen LogP contribution in [0.25, 0.3) is 0 Å². The van der Waals surface area contributed by atoms with Crippen LogP contribution in [-0.2, 0) is 11.4 Å². The van der Waals surface area contributed by atoms with Gasteiger partial charge in [-0.3, -0.25) is 4.79 Å². The van der Waals surface area contributed by atoms with Crippen LogP contribution < -0.4 is 5.32 Å². The predicted octanol–water partition coefficient (Wildman–Crippen LogP) is 3.56. The first-order valence-corrected chi connectivity index (χ1v) is 7.42. The van der Waals surface area contributed by atoms with Crippen molar-refractivity contribution < 1.29 is 9.90 Å². The van der Waals surface area contributed by atoms with Gasteiger partial charge in [-0.1, -0.05) is 35.9 Å². The molecule has 0 heterocycles. The Hall–Kier alpha value is -1.49. The Bertz CT molecular complexity index is 587. The van der Waals surface area contributed by atoms with Crippen LogP contribution in [0.3, 0.4) is 0 Å². The molecule has 1 amide bonds. The Morgan fingerprint density at radius 3 is 2.50 bits per heavy atom. The normalized spacial score (nSPS) is 10.3. The Balaban J connectivity index is 1.87. The van der Waals surface area contributed by atoms with Crippen molar-refractivity contribution in [3.05, 3.63) is 59.1 Å². The van der Waals surface area contributed by atoms with E-state index in [2.05, 4.69) is 5.32 Å². The number of para-hydroxylation sites is 1. The fourth-order valence-corrected chi connectivity index (χ4v) is 2.47. The van der Waals surface area contributed by atoms with Crippen molar-refractivity contribution in [3.8, 4) is 0 Å². The fourth-order valence-electron chi connectivity index (χ4n) is 1.59. The van der Waals surface area contributed by atoms with Gasteiger partial charge in [-0.25, -0.2) is 0 Å². The van der Waals surface area contributed by atoms with Crippen molar-refractivity contribution in [2.45, 2.75) is 11.5 Å². The summed E-state index contributed by atoms with van der Waals surface area (Å²) in [4.78, 5) is 12.8. The van der Waals surface area contributed by atoms with Crippen LogP contribution in [-0.4, -0.2) is 16.8 Å². The van der Waals surface area contributed by atoms with Crippen molar-refractivity contribution in [2.75, 3.05) is 11.1 Å². The van der Waals surface area contributed by atoms with Crippen molar-refractivity contribution in [1.82, 2.24) is 0 Å². The molecule has 0 saturated carbocycles. The highest BCUT2D eigenvalue weighted by atomic mass is 35.5. The van der Waals surface area contributed by atoms with E-state index in [9.17, 15) is 4.79 Å². The number of amides is 1. The number of aliphatic hydroxyl groups excluding tert-OH is 1. The predicted molar refractivity (Wildman–Crippen MR) is 83.2 cm³/mol. The zero-order valence-corrected chi connectivity index (χ0v) is 12.2. The largest absolute Gasteiger partial charge is 0.392 e. The first-order chi connectivity index (χ1) is 9.69. The van der Waals surface area contributed by atoms with E-state index < -0.39 is 0 Å². The van der Waals surface area contributed by atoms with Gasteiger partial charge >= 0.3 is 0 Å². The van der Waals surface area contributed by atoms with Gasteiger partial charge in [0.15, 0.2) is 0 Å². The Morgan fingerprint density at radius 1 is 1.15 bits per heavy atom. The summed E-state index contributed by atoms with van der Waals surface area (Å²) in [6.45, 7) is 0.0257. The maximum absolute atomic E-state index is 11.8. The van der Waals surface area contributed by atoms with Crippen molar-refractivity contribution >= 4 is 35.0 Å². The molecule has 0 aliphatic carbocycles. The number of aliphatic hydroxyl groups is 1. The zero-order chi connectivity index (χ0) is 14.4. The lowest BCUT2D eigenvalue weighted by Crippen LogP contribution is -2.14. The maximum Gasteiger partial charge on any atom is 0.234 e. The van der Waals surface area contributed by atoms with E-state index >= 15 is 0 Å². The van der Waals surface area contributed by atoms with E-state index in [-0.39, 0.29) is 12.5 Å². The van der Waals surface area contributed by atoms with Gasteiger partial charge in [0.2, 0.25) is 5.91 Å². The molecule has 3 nitrogen and oxygen atoms in total. The average molecular weight is 308 g/mol. The molecule has 2 aromatic rings. The van der Waals surface area contributed by atoms with E-state index in [4.69, 9.17) is 16.7 Å². The highest BCUT2D eigenvalue weighted by Crippen LogP contribution is 2.22. The van der Waals surface area contributed by atoms with Crippen LogP contribution in [0.4, 0.5) is 5.69 Å². The lowest BCUT2D eigenvalue weighted by Gasteiger charge is -2.07. The maximum atomic E-state index is 11.8. The van der Waals surface area contributed by atoms with E-state index in [0.29, 0.717) is 16.5 Å². The summed E-state index contributed by atoms with van der Waals surface area (Å²) in [5, 5.41) is 12.3. The minimum Gasteiger partial charge on any atom is -0.392 e. The molecule has 0 fully saturated rings. The molecule has 2 aromatic carbocycles. The van der Waals surface area contributed by atoms with Gasteiger partial charge in [-0.2, -0.15) is 0 Å². The second-order valence-electron chi connectivity index (χ2n) is 4.12. The molecule has 20 heavy (non-hydrogen) atoms. The molecule has 2 rings (SSSR count). The molecule has 0 radical (unpaired) electrons. The fraction of sp³-hybridized carbons (Fsp3) is 0.133. The third-order valence-electron chi connectivity index (χ3n) is 2.62. The van der Waals surface area contributed by atoms with Crippen LogP contribution in [0.15, 0.2) is 53.4 Å². The summed E-state index contributed by atoms with van der Waals surface area (Å²) in [6.07, 6.45) is 0. The SMILES string of the molecule is O=C(CSc1ccc(CO)cc1)Nc1ccccc1Cl. The van der Waals surface area contributed by atoms with Gasteiger partial charge in [0.1, 0.15) is 0 Å². The highest BCUT2D eigenvalue weighted by Gasteiger charge is 2.06. The smallest absolute Gasteiger partial charge is 0.234 e. The monoisotopic (exact) mass is 307 g/mol. The second kappa shape index (κ2) is 7.33. The Kier molecular flexibility index (Phi) is 5.47. The first kappa shape index (κ1) is 14.9. The van der Waals surface area contributed by atoms with Gasteiger partial charge in [0.05, 0.1) is 23.1 Å². The molecule has 0 aliphatic rings. The third kappa shape index (κ3) is 4.27. The Labute approximate surface area is 127 Å². The van der Waals surface area contributed by atoms with Crippen LogP contribution in [0.1, 0.15) is 5.56 Å². The number of halogens is 1. The molecule has 5 heteroatoms. The van der Waals surface area contributed by atoms with Gasteiger partial charge in [0, 0.05) is 4.90 Å². The quantitative estimate of drug-likeness (QED) is 0.830. The minimum absolute atomic E-state index is 0.0257. The number of anilines is 1. The van der Waals surface area contributed by atoms with Crippen LogP contribution >= 0.6 is 23.4 Å². The molecule has 0 unspecified atom stereocenters. The molecule has 2 N–H and O–H groups in total. The minimum atomic E-state index is -0.102. The molecule has 0 saturated heterocycles. The molecule has 0 spiro atoms. The second-order valence-corrected chi connectivity index (χ2v) is 5.57. The van der Waals surface area contributed by atoms with E-state index in [1.165, 1.54) is 11.8 Å². The summed E-state index contributed by atoms with van der Waals surface area (Å²) in [6, 6.07) is 14.6. The van der Waals surface area contributed by atoms with Crippen molar-refractivity contribution in [2.24, 2.45) is 0 Å². The first-order valence-electron chi connectivity index (χ1n) is 6.06. The molecule has 0 aliphatic heterocycles. The van der Waals surface area contributed by atoms with Crippen molar-refractivity contribution in [3.63, 3.8) is 0 Å². The lowest BCUT2D eigenvalue weighted by atomic mass is 10.2. The van der Waals surface area contributed by atoms with Gasteiger partial charge in [0.25, 0.3) is 0 Å². The molecule has 0 bridgehead atoms. The number of hydrogen-bond donors (Lipinski definition) is 2. The molecule has 104 valence electrons. The summed E-state index contributed by atoms with van der Waals surface area (Å²) >= 11 is 7.41. The number of carbonyl (C=O) groups is 1. The lowest BCUT2D eigenvalue weighted by molar-refractivity contribution is -0.113. The molecule has 0 atom stereocenters. The zero-order valence-electron chi connectivity index (χ0n) is 10.7. The van der Waals surface area contributed by atoms with Crippen LogP contribution in [0.5, 0.6) is 0 Å². The van der Waals surface area contributed by atoms with Gasteiger partial charge < -0.3 is 10.4 Å². The molecular formula is C15H14ClNO2S. The van der Waals surface area contributed by atoms with Gasteiger partial charge in [-0.05, 0) is 29.8 Å². The topological polar surface area (TPSA) is 49.3 Å². The van der Waals surface area contributed by atoms with Crippen LogP contribution in [0.2, 0.25) is 5.02 Å². The number of hydrogen-bond acceptors (Lipinski definition) is 3. The van der Waals surface area contributed by atoms with E-state index in [0.717, 1.165) is 10.5 Å². The third-order valence-corrected chi connectivity index (χ3v) is 3.97. The van der Waals surface area contributed by atoms with E-state index in [1.807, 2.05) is 36.4 Å². The molecular weight excluding hydrogens is 294 g/mol. The standard InChI is InChI=1S/C15H14ClNO2S/c16-13-3-1-2-4-14(13)17-15(19)10-20-12-7-5-11(9-18)6-8-12/h1-8,18H,9-10H2,(H,17,19). The highest BCUT2D eigenvalue weighted by molar-refractivity contribution is 8.00. The molecule has 0 aromatic heterocycles. The summed E-state index contributed by atoms with van der Waals surface area (Å²) in [7, 11) is 0. The number of rotatable bonds is 5. The summed E-state index contributed by atoms with van der Waals surface area (Å²) in [5.41, 5.74) is 1.48. The van der Waals surface area contributed by atoms with Crippen molar-refractivity contribution in [1.29, 1.82) is 0 Å². The van der Waals surface area contributed by atoms with Gasteiger partial charge in [-0.15, -0.1) is 11.8 Å². The number of benzene rings is 2. The average Bonchev–Trinajstić information content (AvgIpc) is 2.48.